The van der Waals surface area contributed by atoms with Gasteiger partial charge in [0.2, 0.25) is 5.91 Å². The van der Waals surface area contributed by atoms with Crippen molar-refractivity contribution in [1.82, 2.24) is 9.47 Å². The molecular formula is C12H16N2O2. The van der Waals surface area contributed by atoms with Crippen LogP contribution in [0.2, 0.25) is 0 Å². The number of ketones is 1. The zero-order valence-corrected chi connectivity index (χ0v) is 9.48. The lowest BCUT2D eigenvalue weighted by Crippen LogP contribution is -2.39. The zero-order chi connectivity index (χ0) is 11.5. The normalized spacial score (nSPS) is 16.6. The molecule has 0 bridgehead atoms. The highest BCUT2D eigenvalue weighted by molar-refractivity contribution is 5.98. The van der Waals surface area contributed by atoms with Gasteiger partial charge >= 0.3 is 0 Å². The van der Waals surface area contributed by atoms with Crippen molar-refractivity contribution < 1.29 is 9.59 Å². The van der Waals surface area contributed by atoms with E-state index >= 15 is 0 Å². The average molecular weight is 220 g/mol. The highest BCUT2D eigenvalue weighted by Gasteiger charge is 2.21. The van der Waals surface area contributed by atoms with Gasteiger partial charge < -0.3 is 9.47 Å². The van der Waals surface area contributed by atoms with E-state index in [-0.39, 0.29) is 18.2 Å². The molecule has 86 valence electrons. The Morgan fingerprint density at radius 1 is 1.44 bits per heavy atom. The van der Waals surface area contributed by atoms with Gasteiger partial charge in [-0.3, -0.25) is 9.59 Å². The monoisotopic (exact) mass is 220 g/mol. The van der Waals surface area contributed by atoms with Crippen LogP contribution in [0.15, 0.2) is 18.3 Å². The van der Waals surface area contributed by atoms with Gasteiger partial charge in [0.15, 0.2) is 5.78 Å². The van der Waals surface area contributed by atoms with Crippen LogP contribution in [0.5, 0.6) is 0 Å². The summed E-state index contributed by atoms with van der Waals surface area (Å²) in [5, 5.41) is 0. The molecule has 1 aliphatic heterocycles. The molecule has 0 spiro atoms. The third-order valence-electron chi connectivity index (χ3n) is 2.99. The quantitative estimate of drug-likeness (QED) is 0.719. The summed E-state index contributed by atoms with van der Waals surface area (Å²) in [6, 6.07) is 3.63. The molecule has 0 unspecified atom stereocenters. The topological polar surface area (TPSA) is 42.3 Å². The Balaban J connectivity index is 2.02. The number of carbonyl (C=O) groups excluding carboxylic acids is 2. The summed E-state index contributed by atoms with van der Waals surface area (Å²) in [6.07, 6.45) is 4.38. The third kappa shape index (κ3) is 2.15. The first-order valence-corrected chi connectivity index (χ1v) is 5.61. The van der Waals surface area contributed by atoms with Gasteiger partial charge in [-0.1, -0.05) is 0 Å². The standard InChI is InChI=1S/C12H16N2O2/c1-13-7-4-5-10(13)11(15)9-14-8-3-2-6-12(14)16/h4-5,7H,2-3,6,8-9H2,1H3. The molecule has 2 rings (SSSR count). The number of likely N-dealkylation sites (tertiary alicyclic amines) is 1. The number of Topliss-reactive ketones (excluding diaryl/α,β-unsaturated/α-hetero) is 1. The lowest BCUT2D eigenvalue weighted by Gasteiger charge is -2.25. The van der Waals surface area contributed by atoms with Gasteiger partial charge in [0.25, 0.3) is 0 Å². The minimum absolute atomic E-state index is 0.0164. The molecule has 1 saturated heterocycles. The van der Waals surface area contributed by atoms with E-state index in [9.17, 15) is 9.59 Å². The zero-order valence-electron chi connectivity index (χ0n) is 9.48. The van der Waals surface area contributed by atoms with Crippen LogP contribution in [0.3, 0.4) is 0 Å². The predicted octanol–water partition coefficient (Wildman–Crippen LogP) is 1.22. The van der Waals surface area contributed by atoms with Gasteiger partial charge in [0.05, 0.1) is 12.2 Å². The number of carbonyl (C=O) groups is 2. The molecule has 0 aliphatic carbocycles. The van der Waals surface area contributed by atoms with Gasteiger partial charge in [-0.25, -0.2) is 0 Å². The number of hydrogen-bond acceptors (Lipinski definition) is 2. The van der Waals surface area contributed by atoms with E-state index in [2.05, 4.69) is 0 Å². The van der Waals surface area contributed by atoms with E-state index < -0.39 is 0 Å². The average Bonchev–Trinajstić information content (AvgIpc) is 2.68. The first kappa shape index (κ1) is 10.9. The lowest BCUT2D eigenvalue weighted by atomic mass is 10.1. The fourth-order valence-electron chi connectivity index (χ4n) is 2.03. The van der Waals surface area contributed by atoms with Crippen LogP contribution in [-0.4, -0.2) is 34.2 Å². The number of aromatic nitrogens is 1. The minimum Gasteiger partial charge on any atom is -0.348 e. The number of hydrogen-bond donors (Lipinski definition) is 0. The molecule has 1 aliphatic rings. The molecule has 1 fully saturated rings. The smallest absolute Gasteiger partial charge is 0.222 e. The fourth-order valence-corrected chi connectivity index (χ4v) is 2.03. The minimum atomic E-state index is 0.0164. The van der Waals surface area contributed by atoms with Gasteiger partial charge in [-0.2, -0.15) is 0 Å². The van der Waals surface area contributed by atoms with Crippen molar-refractivity contribution in [1.29, 1.82) is 0 Å². The first-order chi connectivity index (χ1) is 7.68. The van der Waals surface area contributed by atoms with Crippen molar-refractivity contribution in [3.63, 3.8) is 0 Å². The maximum absolute atomic E-state index is 11.9. The van der Waals surface area contributed by atoms with Crippen LogP contribution in [0, 0.1) is 0 Å². The highest BCUT2D eigenvalue weighted by Crippen LogP contribution is 2.11. The first-order valence-electron chi connectivity index (χ1n) is 5.61. The van der Waals surface area contributed by atoms with E-state index in [1.54, 1.807) is 15.5 Å². The number of piperidine rings is 1. The summed E-state index contributed by atoms with van der Waals surface area (Å²) >= 11 is 0. The van der Waals surface area contributed by atoms with Crippen LogP contribution >= 0.6 is 0 Å². The summed E-state index contributed by atoms with van der Waals surface area (Å²) in [5.41, 5.74) is 0.665. The van der Waals surface area contributed by atoms with Crippen LogP contribution < -0.4 is 0 Å². The van der Waals surface area contributed by atoms with Crippen LogP contribution in [0.4, 0.5) is 0 Å². The Morgan fingerprint density at radius 2 is 2.25 bits per heavy atom. The maximum atomic E-state index is 11.9. The molecule has 2 heterocycles. The summed E-state index contributed by atoms with van der Waals surface area (Å²) in [4.78, 5) is 25.1. The number of rotatable bonds is 3. The molecule has 1 amide bonds. The van der Waals surface area contributed by atoms with Crippen LogP contribution in [-0.2, 0) is 11.8 Å². The van der Waals surface area contributed by atoms with Crippen molar-refractivity contribution in [2.24, 2.45) is 7.05 Å². The van der Waals surface area contributed by atoms with Crippen molar-refractivity contribution in [3.05, 3.63) is 24.0 Å². The van der Waals surface area contributed by atoms with E-state index in [1.165, 1.54) is 0 Å². The van der Waals surface area contributed by atoms with Gasteiger partial charge in [-0.15, -0.1) is 0 Å². The summed E-state index contributed by atoms with van der Waals surface area (Å²) < 4.78 is 1.79. The largest absolute Gasteiger partial charge is 0.348 e. The molecule has 0 atom stereocenters. The second-order valence-corrected chi connectivity index (χ2v) is 4.20. The molecule has 4 nitrogen and oxygen atoms in total. The van der Waals surface area contributed by atoms with Crippen molar-refractivity contribution in [3.8, 4) is 0 Å². The Hall–Kier alpha value is -1.58. The maximum Gasteiger partial charge on any atom is 0.222 e. The predicted molar refractivity (Wildman–Crippen MR) is 60.2 cm³/mol. The molecule has 4 heteroatoms. The molecule has 1 aromatic heterocycles. The Bertz CT molecular complexity index is 409. The third-order valence-corrected chi connectivity index (χ3v) is 2.99. The van der Waals surface area contributed by atoms with Gasteiger partial charge in [0.1, 0.15) is 0 Å². The Labute approximate surface area is 94.8 Å². The second kappa shape index (κ2) is 4.51. The van der Waals surface area contributed by atoms with E-state index in [1.807, 2.05) is 19.3 Å². The van der Waals surface area contributed by atoms with Crippen LogP contribution in [0.1, 0.15) is 29.8 Å². The molecule has 0 saturated carbocycles. The summed E-state index contributed by atoms with van der Waals surface area (Å²) in [6.45, 7) is 0.936. The number of amides is 1. The molecule has 0 N–H and O–H groups in total. The molecule has 1 aromatic rings. The van der Waals surface area contributed by atoms with Crippen LogP contribution in [0.25, 0.3) is 0 Å². The number of nitrogens with zero attached hydrogens (tertiary/aromatic N) is 2. The van der Waals surface area contributed by atoms with E-state index in [0.717, 1.165) is 19.4 Å². The van der Waals surface area contributed by atoms with Crippen molar-refractivity contribution in [2.45, 2.75) is 19.3 Å². The van der Waals surface area contributed by atoms with E-state index in [0.29, 0.717) is 12.1 Å². The fraction of sp³-hybridized carbons (Fsp3) is 0.500. The second-order valence-electron chi connectivity index (χ2n) is 4.20. The number of aryl methyl sites for hydroxylation is 1. The SMILES string of the molecule is Cn1cccc1C(=O)CN1CCCCC1=O. The lowest BCUT2D eigenvalue weighted by molar-refractivity contribution is -0.132. The van der Waals surface area contributed by atoms with Crippen molar-refractivity contribution in [2.75, 3.05) is 13.1 Å². The summed E-state index contributed by atoms with van der Waals surface area (Å²) in [5.74, 6) is 0.122. The molecule has 0 radical (unpaired) electrons. The Morgan fingerprint density at radius 3 is 2.88 bits per heavy atom. The summed E-state index contributed by atoms with van der Waals surface area (Å²) in [7, 11) is 1.84. The van der Waals surface area contributed by atoms with Gasteiger partial charge in [-0.05, 0) is 25.0 Å². The Kier molecular flexibility index (Phi) is 3.08. The van der Waals surface area contributed by atoms with Crippen molar-refractivity contribution >= 4 is 11.7 Å². The van der Waals surface area contributed by atoms with Gasteiger partial charge in [0, 0.05) is 26.2 Å². The molecule has 16 heavy (non-hydrogen) atoms. The molecule has 0 aromatic carbocycles. The highest BCUT2D eigenvalue weighted by atomic mass is 16.2. The molecular weight excluding hydrogens is 204 g/mol. The van der Waals surface area contributed by atoms with E-state index in [4.69, 9.17) is 0 Å².